The minimum absolute atomic E-state index is 0.0961. The number of hydrogen-bond acceptors (Lipinski definition) is 7. The van der Waals surface area contributed by atoms with E-state index in [-0.39, 0.29) is 11.4 Å². The molecular weight excluding hydrogens is 290 g/mol. The molecule has 8 nitrogen and oxygen atoms in total. The Morgan fingerprint density at radius 2 is 2.32 bits per heavy atom. The maximum atomic E-state index is 11.7. The van der Waals surface area contributed by atoms with Crippen LogP contribution in [-0.2, 0) is 4.79 Å². The fraction of sp³-hybridized carbons (Fsp3) is 0.222. The van der Waals surface area contributed by atoms with Crippen molar-refractivity contribution in [1.29, 1.82) is 0 Å². The number of carbonyl (C=O) groups excluding carboxylic acids is 1. The van der Waals surface area contributed by atoms with Gasteiger partial charge in [-0.3, -0.25) is 20.0 Å². The number of anilines is 1. The summed E-state index contributed by atoms with van der Waals surface area (Å²) in [6, 6.07) is 1.61. The van der Waals surface area contributed by atoms with Crippen LogP contribution in [-0.4, -0.2) is 43.1 Å². The smallest absolute Gasteiger partial charge is 0.313 e. The van der Waals surface area contributed by atoms with Crippen LogP contribution in [0.2, 0.25) is 0 Å². The molecule has 2 aromatic rings. The van der Waals surface area contributed by atoms with E-state index in [0.29, 0.717) is 9.47 Å². The SMILES string of the molecule is Cc1cc(C(=O)Nc2nnc(SCC(=O)O)s2)n[nH]1. The van der Waals surface area contributed by atoms with Gasteiger partial charge in [0.1, 0.15) is 0 Å². The van der Waals surface area contributed by atoms with Crippen molar-refractivity contribution in [3.05, 3.63) is 17.5 Å². The maximum Gasteiger partial charge on any atom is 0.313 e. The first kappa shape index (κ1) is 13.5. The molecule has 0 unspecified atom stereocenters. The highest BCUT2D eigenvalue weighted by Gasteiger charge is 2.13. The lowest BCUT2D eigenvalue weighted by molar-refractivity contribution is -0.133. The van der Waals surface area contributed by atoms with Crippen LogP contribution in [0.5, 0.6) is 0 Å². The van der Waals surface area contributed by atoms with Crippen molar-refractivity contribution in [2.75, 3.05) is 11.1 Å². The van der Waals surface area contributed by atoms with Crippen molar-refractivity contribution in [2.45, 2.75) is 11.3 Å². The molecule has 100 valence electrons. The molecule has 19 heavy (non-hydrogen) atoms. The van der Waals surface area contributed by atoms with Gasteiger partial charge in [-0.1, -0.05) is 23.1 Å². The van der Waals surface area contributed by atoms with Crippen molar-refractivity contribution < 1.29 is 14.7 Å². The minimum atomic E-state index is -0.933. The fourth-order valence-electron chi connectivity index (χ4n) is 1.14. The van der Waals surface area contributed by atoms with E-state index < -0.39 is 11.9 Å². The topological polar surface area (TPSA) is 121 Å². The molecule has 3 N–H and O–H groups in total. The van der Waals surface area contributed by atoms with Crippen molar-refractivity contribution in [1.82, 2.24) is 20.4 Å². The zero-order chi connectivity index (χ0) is 13.8. The Labute approximate surface area is 115 Å². The van der Waals surface area contributed by atoms with Gasteiger partial charge in [-0.15, -0.1) is 10.2 Å². The second-order valence-corrected chi connectivity index (χ2v) is 5.65. The number of amides is 1. The van der Waals surface area contributed by atoms with Crippen LogP contribution in [0.3, 0.4) is 0 Å². The van der Waals surface area contributed by atoms with Crippen LogP contribution in [0.1, 0.15) is 16.2 Å². The molecule has 2 heterocycles. The van der Waals surface area contributed by atoms with Gasteiger partial charge >= 0.3 is 5.97 Å². The van der Waals surface area contributed by atoms with Crippen LogP contribution in [0.15, 0.2) is 10.4 Å². The van der Waals surface area contributed by atoms with E-state index in [4.69, 9.17) is 5.11 Å². The molecule has 0 saturated carbocycles. The zero-order valence-corrected chi connectivity index (χ0v) is 11.3. The highest BCUT2D eigenvalue weighted by Crippen LogP contribution is 2.25. The van der Waals surface area contributed by atoms with Gasteiger partial charge in [0.25, 0.3) is 5.91 Å². The first-order valence-electron chi connectivity index (χ1n) is 5.06. The summed E-state index contributed by atoms with van der Waals surface area (Å²) >= 11 is 2.16. The molecule has 1 amide bonds. The number of H-pyrrole nitrogens is 1. The van der Waals surface area contributed by atoms with E-state index in [1.807, 2.05) is 0 Å². The van der Waals surface area contributed by atoms with Gasteiger partial charge in [-0.25, -0.2) is 0 Å². The average molecular weight is 299 g/mol. The van der Waals surface area contributed by atoms with Crippen LogP contribution < -0.4 is 5.32 Å². The van der Waals surface area contributed by atoms with Gasteiger partial charge < -0.3 is 5.11 Å². The molecule has 2 aromatic heterocycles. The van der Waals surface area contributed by atoms with Gasteiger partial charge in [0, 0.05) is 5.69 Å². The van der Waals surface area contributed by atoms with E-state index in [1.54, 1.807) is 13.0 Å². The van der Waals surface area contributed by atoms with E-state index in [0.717, 1.165) is 28.8 Å². The molecule has 0 fully saturated rings. The molecule has 0 aromatic carbocycles. The molecule has 2 rings (SSSR count). The predicted molar refractivity (Wildman–Crippen MR) is 69.5 cm³/mol. The van der Waals surface area contributed by atoms with Crippen molar-refractivity contribution >= 4 is 40.1 Å². The molecule has 0 aliphatic heterocycles. The Balaban J connectivity index is 1.96. The summed E-state index contributed by atoms with van der Waals surface area (Å²) in [5.74, 6) is -1.42. The molecule has 0 bridgehead atoms. The zero-order valence-electron chi connectivity index (χ0n) is 9.71. The summed E-state index contributed by atoms with van der Waals surface area (Å²) in [7, 11) is 0. The molecule has 0 atom stereocenters. The van der Waals surface area contributed by atoms with Gasteiger partial charge in [-0.05, 0) is 13.0 Å². The maximum absolute atomic E-state index is 11.7. The van der Waals surface area contributed by atoms with Crippen LogP contribution in [0.4, 0.5) is 5.13 Å². The van der Waals surface area contributed by atoms with Crippen molar-refractivity contribution in [3.63, 3.8) is 0 Å². The number of carboxylic acid groups (broad SMARTS) is 1. The molecule has 10 heteroatoms. The summed E-state index contributed by atoms with van der Waals surface area (Å²) in [4.78, 5) is 22.1. The number of rotatable bonds is 5. The van der Waals surface area contributed by atoms with E-state index in [9.17, 15) is 9.59 Å². The lowest BCUT2D eigenvalue weighted by atomic mass is 10.3. The highest BCUT2D eigenvalue weighted by atomic mass is 32.2. The van der Waals surface area contributed by atoms with Gasteiger partial charge in [0.2, 0.25) is 5.13 Å². The number of hydrogen-bond donors (Lipinski definition) is 3. The van der Waals surface area contributed by atoms with Gasteiger partial charge in [0.15, 0.2) is 10.0 Å². The first-order chi connectivity index (χ1) is 9.04. The molecule has 0 aliphatic rings. The molecule has 0 radical (unpaired) electrons. The number of aromatic amines is 1. The summed E-state index contributed by atoms with van der Waals surface area (Å²) in [5.41, 5.74) is 1.03. The quantitative estimate of drug-likeness (QED) is 0.556. The number of nitrogens with one attached hydrogen (secondary N) is 2. The second-order valence-electron chi connectivity index (χ2n) is 3.45. The summed E-state index contributed by atoms with van der Waals surface area (Å²) < 4.78 is 0.482. The lowest BCUT2D eigenvalue weighted by Crippen LogP contribution is -2.12. The van der Waals surface area contributed by atoms with E-state index in [2.05, 4.69) is 25.7 Å². The normalized spacial score (nSPS) is 10.4. The molecular formula is C9H9N5O3S2. The number of carbonyl (C=O) groups is 2. The summed E-state index contributed by atoms with van der Waals surface area (Å²) in [6.45, 7) is 1.79. The Morgan fingerprint density at radius 3 is 2.95 bits per heavy atom. The number of nitrogens with zero attached hydrogens (tertiary/aromatic N) is 3. The largest absolute Gasteiger partial charge is 0.481 e. The highest BCUT2D eigenvalue weighted by molar-refractivity contribution is 8.01. The van der Waals surface area contributed by atoms with Crippen LogP contribution in [0.25, 0.3) is 0 Å². The Bertz CT molecular complexity index is 609. The van der Waals surface area contributed by atoms with Crippen LogP contribution >= 0.6 is 23.1 Å². The Kier molecular flexibility index (Phi) is 4.12. The average Bonchev–Trinajstić information content (AvgIpc) is 2.95. The third-order valence-corrected chi connectivity index (χ3v) is 3.84. The molecule has 0 saturated heterocycles. The summed E-state index contributed by atoms with van der Waals surface area (Å²) in [5, 5.41) is 25.4. The molecule has 0 spiro atoms. The van der Waals surface area contributed by atoms with Crippen LogP contribution in [0, 0.1) is 6.92 Å². The lowest BCUT2D eigenvalue weighted by Gasteiger charge is -1.95. The number of carboxylic acids is 1. The number of aryl methyl sites for hydroxylation is 1. The first-order valence-corrected chi connectivity index (χ1v) is 6.86. The van der Waals surface area contributed by atoms with Crippen molar-refractivity contribution in [2.24, 2.45) is 0 Å². The third kappa shape index (κ3) is 3.76. The fourth-order valence-corrected chi connectivity index (χ4v) is 2.60. The number of aromatic nitrogens is 4. The Morgan fingerprint density at radius 1 is 1.53 bits per heavy atom. The Hall–Kier alpha value is -1.94. The second kappa shape index (κ2) is 5.80. The van der Waals surface area contributed by atoms with Gasteiger partial charge in [-0.2, -0.15) is 5.10 Å². The number of aliphatic carboxylic acids is 1. The summed E-state index contributed by atoms with van der Waals surface area (Å²) in [6.07, 6.45) is 0. The third-order valence-electron chi connectivity index (χ3n) is 1.88. The van der Waals surface area contributed by atoms with Crippen molar-refractivity contribution in [3.8, 4) is 0 Å². The standard InChI is InChI=1S/C9H9N5O3S2/c1-4-2-5(12-11-4)7(17)10-8-13-14-9(19-8)18-3-6(15)16/h2H,3H2,1H3,(H,11,12)(H,15,16)(H,10,13,17). The molecule has 0 aliphatic carbocycles. The monoisotopic (exact) mass is 299 g/mol. The predicted octanol–water partition coefficient (Wildman–Crippen LogP) is 0.999. The number of thioether (sulfide) groups is 1. The minimum Gasteiger partial charge on any atom is -0.481 e. The van der Waals surface area contributed by atoms with E-state index >= 15 is 0 Å². The van der Waals surface area contributed by atoms with E-state index in [1.165, 1.54) is 0 Å². The van der Waals surface area contributed by atoms with Gasteiger partial charge in [0.05, 0.1) is 5.75 Å².